The van der Waals surface area contributed by atoms with Crippen LogP contribution in [-0.4, -0.2) is 4.99 Å². The molecule has 0 aliphatic carbocycles. The summed E-state index contributed by atoms with van der Waals surface area (Å²) in [5.41, 5.74) is 9.77. The molecule has 0 aliphatic heterocycles. The van der Waals surface area contributed by atoms with Crippen LogP contribution in [0.5, 0.6) is 0 Å². The Morgan fingerprint density at radius 2 is 2.24 bits per heavy atom. The number of hydrogen-bond donors (Lipinski definition) is 2. The van der Waals surface area contributed by atoms with Crippen LogP contribution >= 0.6 is 12.2 Å². The standard InChI is InChI=1S/C13H14N2OS/c1-9-6-11(2-3-12(9)13(14)17)15-7-10-4-5-16-8-10/h2-6,8,15H,7H2,1H3,(H2,14,17). The van der Waals surface area contributed by atoms with Crippen LogP contribution in [0.4, 0.5) is 5.69 Å². The van der Waals surface area contributed by atoms with Crippen molar-refractivity contribution in [3.63, 3.8) is 0 Å². The van der Waals surface area contributed by atoms with Crippen molar-refractivity contribution in [1.82, 2.24) is 0 Å². The third-order valence-electron chi connectivity index (χ3n) is 2.57. The zero-order valence-electron chi connectivity index (χ0n) is 9.57. The van der Waals surface area contributed by atoms with Gasteiger partial charge in [-0.3, -0.25) is 0 Å². The Labute approximate surface area is 106 Å². The van der Waals surface area contributed by atoms with Crippen LogP contribution in [0.2, 0.25) is 0 Å². The number of anilines is 1. The van der Waals surface area contributed by atoms with Crippen LogP contribution in [0.15, 0.2) is 41.2 Å². The molecule has 0 aliphatic rings. The summed E-state index contributed by atoms with van der Waals surface area (Å²) in [4.78, 5) is 0.434. The Morgan fingerprint density at radius 3 is 2.82 bits per heavy atom. The van der Waals surface area contributed by atoms with Gasteiger partial charge < -0.3 is 15.5 Å². The molecular formula is C13H14N2OS. The molecule has 0 spiro atoms. The topological polar surface area (TPSA) is 51.2 Å². The van der Waals surface area contributed by atoms with E-state index in [1.807, 2.05) is 31.2 Å². The van der Waals surface area contributed by atoms with Crippen molar-refractivity contribution in [2.75, 3.05) is 5.32 Å². The van der Waals surface area contributed by atoms with E-state index >= 15 is 0 Å². The quantitative estimate of drug-likeness (QED) is 0.814. The Balaban J connectivity index is 2.07. The molecular weight excluding hydrogens is 232 g/mol. The first-order valence-corrected chi connectivity index (χ1v) is 5.73. The second kappa shape index (κ2) is 5.01. The number of benzene rings is 1. The molecule has 0 saturated carbocycles. The Kier molecular flexibility index (Phi) is 3.44. The molecule has 0 atom stereocenters. The molecule has 88 valence electrons. The molecule has 0 bridgehead atoms. The third kappa shape index (κ3) is 2.85. The summed E-state index contributed by atoms with van der Waals surface area (Å²) in [5, 5.41) is 3.31. The van der Waals surface area contributed by atoms with Crippen LogP contribution in [0.3, 0.4) is 0 Å². The monoisotopic (exact) mass is 246 g/mol. The highest BCUT2D eigenvalue weighted by atomic mass is 32.1. The van der Waals surface area contributed by atoms with E-state index in [1.54, 1.807) is 12.5 Å². The van der Waals surface area contributed by atoms with Gasteiger partial charge in [-0.15, -0.1) is 0 Å². The summed E-state index contributed by atoms with van der Waals surface area (Å²) in [5.74, 6) is 0. The molecule has 3 nitrogen and oxygen atoms in total. The van der Waals surface area contributed by atoms with Crippen LogP contribution in [0.25, 0.3) is 0 Å². The van der Waals surface area contributed by atoms with Gasteiger partial charge in [0.25, 0.3) is 0 Å². The molecule has 0 unspecified atom stereocenters. The fraction of sp³-hybridized carbons (Fsp3) is 0.154. The van der Waals surface area contributed by atoms with Gasteiger partial charge in [0.05, 0.1) is 12.5 Å². The highest BCUT2D eigenvalue weighted by molar-refractivity contribution is 7.80. The fourth-order valence-electron chi connectivity index (χ4n) is 1.65. The molecule has 4 heteroatoms. The predicted molar refractivity (Wildman–Crippen MR) is 73.1 cm³/mol. The van der Waals surface area contributed by atoms with Crippen molar-refractivity contribution in [2.45, 2.75) is 13.5 Å². The van der Waals surface area contributed by atoms with E-state index in [1.165, 1.54) is 0 Å². The maximum Gasteiger partial charge on any atom is 0.104 e. The first-order chi connectivity index (χ1) is 8.16. The van der Waals surface area contributed by atoms with Gasteiger partial charge in [0, 0.05) is 23.4 Å². The van der Waals surface area contributed by atoms with Gasteiger partial charge in [-0.25, -0.2) is 0 Å². The summed E-state index contributed by atoms with van der Waals surface area (Å²) in [6.07, 6.45) is 3.39. The van der Waals surface area contributed by atoms with Gasteiger partial charge in [-0.2, -0.15) is 0 Å². The van der Waals surface area contributed by atoms with Crippen molar-refractivity contribution in [2.24, 2.45) is 5.73 Å². The fourth-order valence-corrected chi connectivity index (χ4v) is 1.88. The van der Waals surface area contributed by atoms with E-state index in [0.29, 0.717) is 4.99 Å². The van der Waals surface area contributed by atoms with Gasteiger partial charge in [-0.1, -0.05) is 12.2 Å². The van der Waals surface area contributed by atoms with Crippen molar-refractivity contribution in [3.8, 4) is 0 Å². The summed E-state index contributed by atoms with van der Waals surface area (Å²) in [7, 11) is 0. The Morgan fingerprint density at radius 1 is 1.41 bits per heavy atom. The van der Waals surface area contributed by atoms with Gasteiger partial charge in [0.1, 0.15) is 4.99 Å². The van der Waals surface area contributed by atoms with E-state index < -0.39 is 0 Å². The Hall–Kier alpha value is -1.81. The molecule has 0 fully saturated rings. The number of aryl methyl sites for hydroxylation is 1. The van der Waals surface area contributed by atoms with Gasteiger partial charge in [-0.05, 0) is 36.8 Å². The van der Waals surface area contributed by atoms with Crippen LogP contribution in [0.1, 0.15) is 16.7 Å². The maximum absolute atomic E-state index is 5.61. The van der Waals surface area contributed by atoms with E-state index in [4.69, 9.17) is 22.4 Å². The van der Waals surface area contributed by atoms with Crippen molar-refractivity contribution < 1.29 is 4.42 Å². The van der Waals surface area contributed by atoms with Crippen molar-refractivity contribution in [1.29, 1.82) is 0 Å². The summed E-state index contributed by atoms with van der Waals surface area (Å²) >= 11 is 4.97. The highest BCUT2D eigenvalue weighted by Gasteiger charge is 2.02. The summed E-state index contributed by atoms with van der Waals surface area (Å²) in [6.45, 7) is 2.74. The predicted octanol–water partition coefficient (Wildman–Crippen LogP) is 2.83. The van der Waals surface area contributed by atoms with Crippen molar-refractivity contribution in [3.05, 3.63) is 53.5 Å². The highest BCUT2D eigenvalue weighted by Crippen LogP contribution is 2.16. The number of rotatable bonds is 4. The first kappa shape index (κ1) is 11.7. The lowest BCUT2D eigenvalue weighted by atomic mass is 10.1. The molecule has 0 radical (unpaired) electrons. The minimum atomic E-state index is 0.434. The number of furan rings is 1. The van der Waals surface area contributed by atoms with Crippen LogP contribution in [-0.2, 0) is 6.54 Å². The minimum Gasteiger partial charge on any atom is -0.472 e. The average Bonchev–Trinajstić information content (AvgIpc) is 2.78. The number of thiocarbonyl (C=S) groups is 1. The second-order valence-electron chi connectivity index (χ2n) is 3.88. The smallest absolute Gasteiger partial charge is 0.104 e. The Bertz CT molecular complexity index is 520. The SMILES string of the molecule is Cc1cc(NCc2ccoc2)ccc1C(N)=S. The zero-order chi connectivity index (χ0) is 12.3. The van der Waals surface area contributed by atoms with Crippen LogP contribution < -0.4 is 11.1 Å². The summed E-state index contributed by atoms with van der Waals surface area (Å²) < 4.78 is 5.00. The first-order valence-electron chi connectivity index (χ1n) is 5.32. The molecule has 2 rings (SSSR count). The largest absolute Gasteiger partial charge is 0.472 e. The molecule has 2 aromatic rings. The number of hydrogen-bond acceptors (Lipinski definition) is 3. The average molecular weight is 246 g/mol. The molecule has 0 amide bonds. The number of nitrogens with one attached hydrogen (secondary N) is 1. The van der Waals surface area contributed by atoms with Gasteiger partial charge in [0.15, 0.2) is 0 Å². The second-order valence-corrected chi connectivity index (χ2v) is 4.32. The number of nitrogens with two attached hydrogens (primary N) is 1. The van der Waals surface area contributed by atoms with E-state index in [2.05, 4.69) is 5.32 Å². The third-order valence-corrected chi connectivity index (χ3v) is 2.79. The lowest BCUT2D eigenvalue weighted by Crippen LogP contribution is -2.11. The normalized spacial score (nSPS) is 10.2. The minimum absolute atomic E-state index is 0.434. The van der Waals surface area contributed by atoms with E-state index in [0.717, 1.165) is 28.9 Å². The zero-order valence-corrected chi connectivity index (χ0v) is 10.4. The molecule has 1 heterocycles. The maximum atomic E-state index is 5.61. The van der Waals surface area contributed by atoms with E-state index in [9.17, 15) is 0 Å². The van der Waals surface area contributed by atoms with Crippen LogP contribution in [0, 0.1) is 6.92 Å². The molecule has 17 heavy (non-hydrogen) atoms. The van der Waals surface area contributed by atoms with Crippen molar-refractivity contribution >= 4 is 22.9 Å². The molecule has 0 saturated heterocycles. The molecule has 3 N–H and O–H groups in total. The molecule has 1 aromatic heterocycles. The summed E-state index contributed by atoms with van der Waals surface area (Å²) in [6, 6.07) is 7.88. The van der Waals surface area contributed by atoms with Gasteiger partial charge in [0.2, 0.25) is 0 Å². The molecule has 1 aromatic carbocycles. The van der Waals surface area contributed by atoms with E-state index in [-0.39, 0.29) is 0 Å². The lowest BCUT2D eigenvalue weighted by molar-refractivity contribution is 0.564. The lowest BCUT2D eigenvalue weighted by Gasteiger charge is -2.09. The van der Waals surface area contributed by atoms with Gasteiger partial charge >= 0.3 is 0 Å².